The third-order valence-corrected chi connectivity index (χ3v) is 3.28. The predicted molar refractivity (Wildman–Crippen MR) is 80.5 cm³/mol. The van der Waals surface area contributed by atoms with Gasteiger partial charge in [-0.25, -0.2) is 0 Å². The SMILES string of the molecule is CCCCCN(c1ccc([N+](=O)[O-])cc1C=O)C(C)C. The number of hydrogen-bond donors (Lipinski definition) is 0. The molecule has 0 aliphatic rings. The third-order valence-electron chi connectivity index (χ3n) is 3.28. The van der Waals surface area contributed by atoms with Crippen LogP contribution in [0.5, 0.6) is 0 Å². The first-order valence-electron chi connectivity index (χ1n) is 7.01. The number of carbonyl (C=O) groups excluding carboxylic acids is 1. The van der Waals surface area contributed by atoms with Gasteiger partial charge in [-0.1, -0.05) is 19.8 Å². The summed E-state index contributed by atoms with van der Waals surface area (Å²) >= 11 is 0. The number of anilines is 1. The van der Waals surface area contributed by atoms with Crippen molar-refractivity contribution in [2.45, 2.75) is 46.1 Å². The fraction of sp³-hybridized carbons (Fsp3) is 0.533. The van der Waals surface area contributed by atoms with E-state index in [-0.39, 0.29) is 11.7 Å². The largest absolute Gasteiger partial charge is 0.369 e. The molecule has 0 fully saturated rings. The quantitative estimate of drug-likeness (QED) is 0.314. The topological polar surface area (TPSA) is 63.4 Å². The first-order valence-corrected chi connectivity index (χ1v) is 7.01. The van der Waals surface area contributed by atoms with Crippen LogP contribution >= 0.6 is 0 Å². The number of hydrogen-bond acceptors (Lipinski definition) is 4. The van der Waals surface area contributed by atoms with Crippen molar-refractivity contribution in [3.63, 3.8) is 0 Å². The molecule has 0 atom stereocenters. The van der Waals surface area contributed by atoms with Crippen LogP contribution in [0, 0.1) is 10.1 Å². The Morgan fingerprint density at radius 1 is 1.35 bits per heavy atom. The Hall–Kier alpha value is -1.91. The predicted octanol–water partition coefficient (Wildman–Crippen LogP) is 3.81. The zero-order chi connectivity index (χ0) is 15.1. The third kappa shape index (κ3) is 4.05. The minimum absolute atomic E-state index is 0.0480. The van der Waals surface area contributed by atoms with Crippen molar-refractivity contribution in [1.82, 2.24) is 0 Å². The summed E-state index contributed by atoms with van der Waals surface area (Å²) < 4.78 is 0. The number of nitrogens with zero attached hydrogens (tertiary/aromatic N) is 2. The minimum Gasteiger partial charge on any atom is -0.369 e. The van der Waals surface area contributed by atoms with E-state index in [9.17, 15) is 14.9 Å². The molecule has 0 unspecified atom stereocenters. The van der Waals surface area contributed by atoms with Gasteiger partial charge in [0, 0.05) is 36.0 Å². The molecule has 0 amide bonds. The maximum atomic E-state index is 11.2. The number of nitro groups is 1. The number of unbranched alkanes of at least 4 members (excludes halogenated alkanes) is 2. The Kier molecular flexibility index (Phi) is 6.15. The van der Waals surface area contributed by atoms with Gasteiger partial charge in [0.05, 0.1) is 4.92 Å². The molecule has 5 heteroatoms. The normalized spacial score (nSPS) is 10.6. The maximum absolute atomic E-state index is 11.2. The Balaban J connectivity index is 3.06. The van der Waals surface area contributed by atoms with Crippen LogP contribution in [0.25, 0.3) is 0 Å². The molecular formula is C15H22N2O3. The molecular weight excluding hydrogens is 256 g/mol. The molecule has 0 spiro atoms. The Morgan fingerprint density at radius 2 is 2.05 bits per heavy atom. The zero-order valence-corrected chi connectivity index (χ0v) is 12.3. The molecule has 0 aromatic heterocycles. The van der Waals surface area contributed by atoms with Gasteiger partial charge >= 0.3 is 0 Å². The zero-order valence-electron chi connectivity index (χ0n) is 12.3. The molecule has 1 rings (SSSR count). The highest BCUT2D eigenvalue weighted by Crippen LogP contribution is 2.26. The summed E-state index contributed by atoms with van der Waals surface area (Å²) in [6.07, 6.45) is 4.00. The van der Waals surface area contributed by atoms with Crippen LogP contribution in [0.2, 0.25) is 0 Å². The van der Waals surface area contributed by atoms with Gasteiger partial charge in [0.25, 0.3) is 5.69 Å². The van der Waals surface area contributed by atoms with Crippen molar-refractivity contribution in [3.8, 4) is 0 Å². The summed E-state index contributed by atoms with van der Waals surface area (Å²) in [4.78, 5) is 23.6. The lowest BCUT2D eigenvalue weighted by Crippen LogP contribution is -2.32. The van der Waals surface area contributed by atoms with Gasteiger partial charge in [-0.15, -0.1) is 0 Å². The lowest BCUT2D eigenvalue weighted by molar-refractivity contribution is -0.384. The highest BCUT2D eigenvalue weighted by atomic mass is 16.6. The first kappa shape index (κ1) is 16.1. The standard InChI is InChI=1S/C15H22N2O3/c1-4-5-6-9-16(12(2)3)15-8-7-14(17(19)20)10-13(15)11-18/h7-8,10-12H,4-6,9H2,1-3H3. The van der Waals surface area contributed by atoms with E-state index in [2.05, 4.69) is 25.7 Å². The minimum atomic E-state index is -0.479. The second-order valence-electron chi connectivity index (χ2n) is 5.11. The summed E-state index contributed by atoms with van der Waals surface area (Å²) in [5.41, 5.74) is 1.11. The molecule has 0 aliphatic heterocycles. The number of benzene rings is 1. The van der Waals surface area contributed by atoms with Gasteiger partial charge in [-0.2, -0.15) is 0 Å². The number of aldehydes is 1. The average Bonchev–Trinajstić information content (AvgIpc) is 2.42. The molecule has 1 aromatic carbocycles. The lowest BCUT2D eigenvalue weighted by atomic mass is 10.1. The summed E-state index contributed by atoms with van der Waals surface area (Å²) in [6.45, 7) is 7.11. The van der Waals surface area contributed by atoms with Crippen molar-refractivity contribution in [3.05, 3.63) is 33.9 Å². The summed E-state index contributed by atoms with van der Waals surface area (Å²) in [5, 5.41) is 10.8. The van der Waals surface area contributed by atoms with Crippen molar-refractivity contribution in [1.29, 1.82) is 0 Å². The van der Waals surface area contributed by atoms with E-state index in [1.54, 1.807) is 6.07 Å². The summed E-state index contributed by atoms with van der Waals surface area (Å²) in [5.74, 6) is 0. The summed E-state index contributed by atoms with van der Waals surface area (Å²) in [7, 11) is 0. The van der Waals surface area contributed by atoms with E-state index < -0.39 is 4.92 Å². The molecule has 20 heavy (non-hydrogen) atoms. The Bertz CT molecular complexity index is 472. The van der Waals surface area contributed by atoms with Crippen LogP contribution in [0.3, 0.4) is 0 Å². The maximum Gasteiger partial charge on any atom is 0.270 e. The lowest BCUT2D eigenvalue weighted by Gasteiger charge is -2.30. The van der Waals surface area contributed by atoms with Gasteiger partial charge in [0.1, 0.15) is 0 Å². The van der Waals surface area contributed by atoms with E-state index >= 15 is 0 Å². The number of non-ortho nitro benzene ring substituents is 1. The molecule has 0 saturated carbocycles. The second-order valence-corrected chi connectivity index (χ2v) is 5.11. The fourth-order valence-electron chi connectivity index (χ4n) is 2.20. The van der Waals surface area contributed by atoms with Crippen molar-refractivity contribution in [2.75, 3.05) is 11.4 Å². The van der Waals surface area contributed by atoms with Gasteiger partial charge in [0.2, 0.25) is 0 Å². The van der Waals surface area contributed by atoms with E-state index in [1.807, 2.05) is 0 Å². The van der Waals surface area contributed by atoms with Crippen LogP contribution in [0.4, 0.5) is 11.4 Å². The molecule has 0 saturated heterocycles. The van der Waals surface area contributed by atoms with Crippen LogP contribution < -0.4 is 4.90 Å². The number of carbonyl (C=O) groups is 1. The number of nitro benzene ring substituents is 1. The smallest absolute Gasteiger partial charge is 0.270 e. The fourth-order valence-corrected chi connectivity index (χ4v) is 2.20. The van der Waals surface area contributed by atoms with Crippen molar-refractivity contribution < 1.29 is 9.72 Å². The average molecular weight is 278 g/mol. The van der Waals surface area contributed by atoms with Gasteiger partial charge in [-0.3, -0.25) is 14.9 Å². The van der Waals surface area contributed by atoms with Gasteiger partial charge in [0.15, 0.2) is 6.29 Å². The van der Waals surface area contributed by atoms with Gasteiger partial charge < -0.3 is 4.90 Å². The van der Waals surface area contributed by atoms with E-state index in [4.69, 9.17) is 0 Å². The molecule has 5 nitrogen and oxygen atoms in total. The van der Waals surface area contributed by atoms with Gasteiger partial charge in [-0.05, 0) is 26.3 Å². The van der Waals surface area contributed by atoms with E-state index in [1.165, 1.54) is 12.1 Å². The van der Waals surface area contributed by atoms with Crippen LogP contribution in [-0.4, -0.2) is 23.8 Å². The van der Waals surface area contributed by atoms with Crippen LogP contribution in [0.1, 0.15) is 50.4 Å². The van der Waals surface area contributed by atoms with E-state index in [0.29, 0.717) is 11.8 Å². The Labute approximate surface area is 119 Å². The van der Waals surface area contributed by atoms with Crippen LogP contribution in [0.15, 0.2) is 18.2 Å². The molecule has 0 N–H and O–H groups in total. The monoisotopic (exact) mass is 278 g/mol. The molecule has 0 radical (unpaired) electrons. The molecule has 1 aromatic rings. The highest BCUT2D eigenvalue weighted by Gasteiger charge is 2.17. The second kappa shape index (κ2) is 7.62. The van der Waals surface area contributed by atoms with Crippen molar-refractivity contribution >= 4 is 17.7 Å². The first-order chi connectivity index (χ1) is 9.51. The molecule has 0 aliphatic carbocycles. The van der Waals surface area contributed by atoms with Crippen LogP contribution in [-0.2, 0) is 0 Å². The summed E-state index contributed by atoms with van der Waals surface area (Å²) in [6, 6.07) is 4.72. The molecule has 110 valence electrons. The Morgan fingerprint density at radius 3 is 2.55 bits per heavy atom. The van der Waals surface area contributed by atoms with E-state index in [0.717, 1.165) is 31.5 Å². The molecule has 0 heterocycles. The van der Waals surface area contributed by atoms with Crippen molar-refractivity contribution in [2.24, 2.45) is 0 Å². The highest BCUT2D eigenvalue weighted by molar-refractivity contribution is 5.86. The number of rotatable bonds is 8. The molecule has 0 bridgehead atoms.